The maximum atomic E-state index is 13.0. The molecule has 31 heavy (non-hydrogen) atoms. The second kappa shape index (κ2) is 7.88. The zero-order chi connectivity index (χ0) is 21.4. The van der Waals surface area contributed by atoms with Gasteiger partial charge in [-0.1, -0.05) is 30.0 Å². The molecule has 1 unspecified atom stereocenters. The Bertz CT molecular complexity index is 1290. The summed E-state index contributed by atoms with van der Waals surface area (Å²) in [5.41, 5.74) is 1.91. The van der Waals surface area contributed by atoms with Crippen molar-refractivity contribution in [2.75, 3.05) is 11.1 Å². The summed E-state index contributed by atoms with van der Waals surface area (Å²) in [6.45, 7) is 2.57. The maximum absolute atomic E-state index is 13.0. The lowest BCUT2D eigenvalue weighted by Crippen LogP contribution is -2.33. The molecule has 156 valence electrons. The summed E-state index contributed by atoms with van der Waals surface area (Å²) in [5, 5.41) is 12.4. The highest BCUT2D eigenvalue weighted by molar-refractivity contribution is 7.99. The van der Waals surface area contributed by atoms with E-state index in [2.05, 4.69) is 25.1 Å². The van der Waals surface area contributed by atoms with Crippen LogP contribution in [0.3, 0.4) is 0 Å². The molecule has 0 radical (unpaired) electrons. The average Bonchev–Trinajstić information content (AvgIpc) is 3.52. The third-order valence-electron chi connectivity index (χ3n) is 5.06. The van der Waals surface area contributed by atoms with Gasteiger partial charge in [0.05, 0.1) is 11.4 Å². The highest BCUT2D eigenvalue weighted by Gasteiger charge is 2.21. The van der Waals surface area contributed by atoms with Gasteiger partial charge in [-0.15, -0.1) is 5.10 Å². The van der Waals surface area contributed by atoms with E-state index in [1.54, 1.807) is 43.2 Å². The maximum Gasteiger partial charge on any atom is 0.267 e. The Balaban J connectivity index is 1.42. The standard InChI is InChI=1S/C21H19N7O2S/c1-14(28-19(29)8-7-18(25-28)27-10-4-9-22-27)20(30)23-16-6-3-2-5-15(16)17-13-26-11-12-31-21(26)24-17/h2-10,13-14H,11-12H2,1H3,(H,23,30). The Morgan fingerprint density at radius 2 is 2.06 bits per heavy atom. The van der Waals surface area contributed by atoms with Gasteiger partial charge in [0.1, 0.15) is 6.04 Å². The third-order valence-corrected chi connectivity index (χ3v) is 6.03. The van der Waals surface area contributed by atoms with E-state index >= 15 is 0 Å². The van der Waals surface area contributed by atoms with Crippen LogP contribution in [-0.2, 0) is 11.3 Å². The number of imidazole rings is 1. The SMILES string of the molecule is CC(C(=O)Nc1ccccc1-c1cn2c(n1)SCC2)n1nc(-n2cccn2)ccc1=O. The second-order valence-corrected chi connectivity index (χ2v) is 8.15. The average molecular weight is 433 g/mol. The van der Waals surface area contributed by atoms with E-state index in [0.717, 1.165) is 33.4 Å². The van der Waals surface area contributed by atoms with Crippen LogP contribution < -0.4 is 10.9 Å². The molecule has 10 heteroatoms. The predicted molar refractivity (Wildman–Crippen MR) is 117 cm³/mol. The van der Waals surface area contributed by atoms with E-state index < -0.39 is 6.04 Å². The summed E-state index contributed by atoms with van der Waals surface area (Å²) in [5.74, 6) is 1.13. The second-order valence-electron chi connectivity index (χ2n) is 7.09. The van der Waals surface area contributed by atoms with Crippen LogP contribution in [0.25, 0.3) is 17.1 Å². The number of aromatic nitrogens is 6. The van der Waals surface area contributed by atoms with Crippen LogP contribution in [0.5, 0.6) is 0 Å². The van der Waals surface area contributed by atoms with E-state index in [1.165, 1.54) is 10.7 Å². The summed E-state index contributed by atoms with van der Waals surface area (Å²) in [6, 6.07) is 11.4. The molecule has 1 aromatic carbocycles. The van der Waals surface area contributed by atoms with Crippen LogP contribution in [0, 0.1) is 0 Å². The number of anilines is 1. The molecule has 4 heterocycles. The molecule has 0 spiro atoms. The van der Waals surface area contributed by atoms with Crippen molar-refractivity contribution < 1.29 is 4.79 Å². The van der Waals surface area contributed by atoms with E-state index in [1.807, 2.05) is 30.5 Å². The molecule has 1 atom stereocenters. The number of fused-ring (bicyclic) bond motifs is 1. The normalized spacial score (nSPS) is 13.7. The van der Waals surface area contributed by atoms with Crippen LogP contribution in [0.4, 0.5) is 5.69 Å². The van der Waals surface area contributed by atoms with Crippen molar-refractivity contribution in [2.45, 2.75) is 24.7 Å². The van der Waals surface area contributed by atoms with E-state index in [0.29, 0.717) is 11.5 Å². The minimum atomic E-state index is -0.821. The Morgan fingerprint density at radius 3 is 2.87 bits per heavy atom. The Labute approximate surface area is 181 Å². The molecule has 1 N–H and O–H groups in total. The molecular formula is C21H19N7O2S. The van der Waals surface area contributed by atoms with Gasteiger partial charge < -0.3 is 9.88 Å². The summed E-state index contributed by atoms with van der Waals surface area (Å²) in [7, 11) is 0. The predicted octanol–water partition coefficient (Wildman–Crippen LogP) is 2.60. The van der Waals surface area contributed by atoms with Gasteiger partial charge in [0, 0.05) is 42.5 Å². The lowest BCUT2D eigenvalue weighted by molar-refractivity contribution is -0.119. The number of rotatable bonds is 5. The van der Waals surface area contributed by atoms with Crippen molar-refractivity contribution in [3.05, 3.63) is 71.4 Å². The fraction of sp³-hybridized carbons (Fsp3) is 0.190. The van der Waals surface area contributed by atoms with Crippen LogP contribution >= 0.6 is 11.8 Å². The molecule has 4 aromatic rings. The number of carbonyl (C=O) groups excluding carboxylic acids is 1. The van der Waals surface area contributed by atoms with Crippen molar-refractivity contribution in [1.29, 1.82) is 0 Å². The number of nitrogens with one attached hydrogen (secondary N) is 1. The first-order valence-electron chi connectivity index (χ1n) is 9.80. The Kier molecular flexibility index (Phi) is 4.91. The summed E-state index contributed by atoms with van der Waals surface area (Å²) in [6.07, 6.45) is 5.34. The van der Waals surface area contributed by atoms with Crippen molar-refractivity contribution in [1.82, 2.24) is 29.1 Å². The van der Waals surface area contributed by atoms with Crippen molar-refractivity contribution in [3.8, 4) is 17.1 Å². The van der Waals surface area contributed by atoms with E-state index in [4.69, 9.17) is 0 Å². The van der Waals surface area contributed by atoms with Gasteiger partial charge in [0.15, 0.2) is 11.0 Å². The fourth-order valence-corrected chi connectivity index (χ4v) is 4.37. The molecule has 9 nitrogen and oxygen atoms in total. The highest BCUT2D eigenvalue weighted by Crippen LogP contribution is 2.32. The molecule has 0 bridgehead atoms. The smallest absolute Gasteiger partial charge is 0.267 e. The summed E-state index contributed by atoms with van der Waals surface area (Å²) < 4.78 is 4.81. The van der Waals surface area contributed by atoms with Crippen molar-refractivity contribution in [3.63, 3.8) is 0 Å². The van der Waals surface area contributed by atoms with Crippen LogP contribution in [0.1, 0.15) is 13.0 Å². The quantitative estimate of drug-likeness (QED) is 0.519. The third kappa shape index (κ3) is 3.66. The van der Waals surface area contributed by atoms with Gasteiger partial charge >= 0.3 is 0 Å². The Hall–Kier alpha value is -3.66. The molecule has 1 aliphatic rings. The number of amides is 1. The van der Waals surface area contributed by atoms with Crippen molar-refractivity contribution >= 4 is 23.4 Å². The topological polar surface area (TPSA) is 99.6 Å². The number of carbonyl (C=O) groups is 1. The van der Waals surface area contributed by atoms with Crippen LogP contribution in [0.15, 0.2) is 71.0 Å². The lowest BCUT2D eigenvalue weighted by Gasteiger charge is -2.16. The summed E-state index contributed by atoms with van der Waals surface area (Å²) in [4.78, 5) is 30.1. The van der Waals surface area contributed by atoms with Gasteiger partial charge in [-0.25, -0.2) is 14.3 Å². The molecule has 1 amide bonds. The molecule has 0 saturated carbocycles. The molecule has 3 aromatic heterocycles. The zero-order valence-electron chi connectivity index (χ0n) is 16.7. The number of hydrogen-bond acceptors (Lipinski definition) is 6. The van der Waals surface area contributed by atoms with Gasteiger partial charge in [0.2, 0.25) is 5.91 Å². The first kappa shape index (κ1) is 19.3. The van der Waals surface area contributed by atoms with Gasteiger partial charge in [-0.3, -0.25) is 9.59 Å². The molecule has 1 aliphatic heterocycles. The first-order valence-corrected chi connectivity index (χ1v) is 10.8. The summed E-state index contributed by atoms with van der Waals surface area (Å²) >= 11 is 1.72. The fourth-order valence-electron chi connectivity index (χ4n) is 3.42. The van der Waals surface area contributed by atoms with Crippen LogP contribution in [0.2, 0.25) is 0 Å². The minimum absolute atomic E-state index is 0.346. The monoisotopic (exact) mass is 433 g/mol. The van der Waals surface area contributed by atoms with Gasteiger partial charge in [-0.2, -0.15) is 5.10 Å². The van der Waals surface area contributed by atoms with Gasteiger partial charge in [-0.05, 0) is 25.1 Å². The Morgan fingerprint density at radius 1 is 1.19 bits per heavy atom. The van der Waals surface area contributed by atoms with E-state index in [9.17, 15) is 9.59 Å². The van der Waals surface area contributed by atoms with Crippen LogP contribution in [-0.4, -0.2) is 40.8 Å². The number of para-hydroxylation sites is 1. The molecule has 0 saturated heterocycles. The number of nitrogens with zero attached hydrogens (tertiary/aromatic N) is 6. The molecule has 0 fully saturated rings. The first-order chi connectivity index (χ1) is 15.1. The number of aryl methyl sites for hydroxylation is 1. The molecular weight excluding hydrogens is 414 g/mol. The number of thioether (sulfide) groups is 1. The zero-order valence-corrected chi connectivity index (χ0v) is 17.5. The minimum Gasteiger partial charge on any atom is -0.325 e. The number of hydrogen-bond donors (Lipinski definition) is 1. The lowest BCUT2D eigenvalue weighted by atomic mass is 10.1. The molecule has 5 rings (SSSR count). The largest absolute Gasteiger partial charge is 0.325 e. The highest BCUT2D eigenvalue weighted by atomic mass is 32.2. The van der Waals surface area contributed by atoms with Gasteiger partial charge in [0.25, 0.3) is 5.56 Å². The van der Waals surface area contributed by atoms with E-state index in [-0.39, 0.29) is 11.5 Å². The number of benzene rings is 1. The van der Waals surface area contributed by atoms with Crippen molar-refractivity contribution in [2.24, 2.45) is 0 Å². The molecule has 0 aliphatic carbocycles.